The van der Waals surface area contributed by atoms with Gasteiger partial charge in [0.1, 0.15) is 5.69 Å². The van der Waals surface area contributed by atoms with Crippen LogP contribution in [0, 0.1) is 0 Å². The van der Waals surface area contributed by atoms with E-state index in [0.717, 1.165) is 50.9 Å². The number of carbonyl (C=O) groups is 1. The maximum Gasteiger partial charge on any atom is 0.224 e. The van der Waals surface area contributed by atoms with Gasteiger partial charge in [0.05, 0.1) is 46.7 Å². The molecule has 0 unspecified atom stereocenters. The summed E-state index contributed by atoms with van der Waals surface area (Å²) in [6, 6.07) is 7.87. The Morgan fingerprint density at radius 3 is 2.87 bits per heavy atom. The van der Waals surface area contributed by atoms with Crippen LogP contribution in [0.2, 0.25) is 0 Å². The van der Waals surface area contributed by atoms with Gasteiger partial charge in [-0.3, -0.25) is 24.8 Å². The van der Waals surface area contributed by atoms with E-state index in [1.54, 1.807) is 31.0 Å². The van der Waals surface area contributed by atoms with Crippen LogP contribution in [0.5, 0.6) is 0 Å². The Morgan fingerprint density at radius 2 is 2.00 bits per heavy atom. The predicted molar refractivity (Wildman–Crippen MR) is 116 cm³/mol. The fourth-order valence-corrected chi connectivity index (χ4v) is 3.48. The van der Waals surface area contributed by atoms with Crippen LogP contribution in [-0.4, -0.2) is 36.0 Å². The maximum atomic E-state index is 11.9. The highest BCUT2D eigenvalue weighted by Crippen LogP contribution is 2.30. The third-order valence-corrected chi connectivity index (χ3v) is 4.92. The first-order valence-electron chi connectivity index (χ1n) is 9.74. The summed E-state index contributed by atoms with van der Waals surface area (Å²) in [6.45, 7) is 1.97. The van der Waals surface area contributed by atoms with Gasteiger partial charge in [-0.25, -0.2) is 0 Å². The molecule has 3 N–H and O–H groups in total. The number of pyridine rings is 3. The number of hydrogen-bond acceptors (Lipinski definition) is 5. The first-order chi connectivity index (χ1) is 14.7. The summed E-state index contributed by atoms with van der Waals surface area (Å²) in [7, 11) is 0. The summed E-state index contributed by atoms with van der Waals surface area (Å²) >= 11 is 0. The molecule has 0 aliphatic carbocycles. The maximum absolute atomic E-state index is 11.9. The molecule has 5 heterocycles. The van der Waals surface area contributed by atoms with Crippen molar-refractivity contribution in [2.45, 2.75) is 19.8 Å². The lowest BCUT2D eigenvalue weighted by Gasteiger charge is -2.06. The highest BCUT2D eigenvalue weighted by Gasteiger charge is 2.13. The first kappa shape index (κ1) is 18.0. The monoisotopic (exact) mass is 397 g/mol. The van der Waals surface area contributed by atoms with Crippen molar-refractivity contribution < 1.29 is 4.79 Å². The van der Waals surface area contributed by atoms with Crippen LogP contribution in [-0.2, 0) is 4.79 Å². The van der Waals surface area contributed by atoms with Crippen LogP contribution >= 0.6 is 0 Å². The van der Waals surface area contributed by atoms with Crippen LogP contribution in [0.4, 0.5) is 5.69 Å². The minimum atomic E-state index is -0.0229. The fraction of sp³-hybridized carbons (Fsp3) is 0.136. The molecule has 0 aromatic carbocycles. The SMILES string of the molecule is CCCC(=O)Nc1cncc(-c2cc3c(-c4cc5ccncc5[nH]4)n[nH]c3cn2)c1. The Bertz CT molecular complexity index is 1340. The van der Waals surface area contributed by atoms with Crippen molar-refractivity contribution in [1.29, 1.82) is 0 Å². The normalized spacial score (nSPS) is 11.2. The van der Waals surface area contributed by atoms with Crippen molar-refractivity contribution in [1.82, 2.24) is 30.1 Å². The summed E-state index contributed by atoms with van der Waals surface area (Å²) in [5, 5.41) is 12.4. The average molecular weight is 397 g/mol. The van der Waals surface area contributed by atoms with E-state index in [4.69, 9.17) is 0 Å². The number of amides is 1. The molecule has 0 aliphatic rings. The van der Waals surface area contributed by atoms with E-state index in [-0.39, 0.29) is 5.91 Å². The van der Waals surface area contributed by atoms with Crippen molar-refractivity contribution in [3.8, 4) is 22.6 Å². The molecule has 0 radical (unpaired) electrons. The number of rotatable bonds is 5. The second kappa shape index (κ2) is 7.40. The zero-order valence-corrected chi connectivity index (χ0v) is 16.3. The molecule has 0 saturated heterocycles. The molecule has 0 atom stereocenters. The van der Waals surface area contributed by atoms with E-state index in [9.17, 15) is 4.79 Å². The minimum Gasteiger partial charge on any atom is -0.352 e. The first-order valence-corrected chi connectivity index (χ1v) is 9.74. The van der Waals surface area contributed by atoms with Crippen LogP contribution in [0.15, 0.2) is 55.2 Å². The van der Waals surface area contributed by atoms with Gasteiger partial charge < -0.3 is 10.3 Å². The molecule has 30 heavy (non-hydrogen) atoms. The molecule has 8 heteroatoms. The largest absolute Gasteiger partial charge is 0.352 e. The molecule has 148 valence electrons. The van der Waals surface area contributed by atoms with Gasteiger partial charge in [-0.05, 0) is 30.7 Å². The van der Waals surface area contributed by atoms with Gasteiger partial charge >= 0.3 is 0 Å². The average Bonchev–Trinajstić information content (AvgIpc) is 3.37. The lowest BCUT2D eigenvalue weighted by atomic mass is 10.1. The quantitative estimate of drug-likeness (QED) is 0.409. The standard InChI is InChI=1S/C22H19N7O/c1-2-3-21(30)26-15-6-14(9-24-10-15)17-8-16-20(12-25-17)28-29-22(16)18-7-13-4-5-23-11-19(13)27-18/h4-12,27H,2-3H2,1H3,(H,26,30)(H,28,29). The summed E-state index contributed by atoms with van der Waals surface area (Å²) < 4.78 is 0. The Hall–Kier alpha value is -4.07. The Labute approximate surface area is 171 Å². The van der Waals surface area contributed by atoms with Crippen LogP contribution in [0.3, 0.4) is 0 Å². The molecular weight excluding hydrogens is 378 g/mol. The highest BCUT2D eigenvalue weighted by atomic mass is 16.1. The van der Waals surface area contributed by atoms with E-state index < -0.39 is 0 Å². The zero-order valence-electron chi connectivity index (χ0n) is 16.3. The lowest BCUT2D eigenvalue weighted by Crippen LogP contribution is -2.10. The number of aromatic nitrogens is 6. The third-order valence-electron chi connectivity index (χ3n) is 4.92. The second-order valence-corrected chi connectivity index (χ2v) is 7.09. The summed E-state index contributed by atoms with van der Waals surface area (Å²) in [5.74, 6) is -0.0229. The van der Waals surface area contributed by atoms with E-state index in [1.165, 1.54) is 0 Å². The van der Waals surface area contributed by atoms with Crippen molar-refractivity contribution in [2.24, 2.45) is 0 Å². The van der Waals surface area contributed by atoms with Gasteiger partial charge in [0.2, 0.25) is 5.91 Å². The molecule has 0 spiro atoms. The lowest BCUT2D eigenvalue weighted by molar-refractivity contribution is -0.116. The molecule has 5 aromatic rings. The molecule has 8 nitrogen and oxygen atoms in total. The van der Waals surface area contributed by atoms with Crippen molar-refractivity contribution in [3.63, 3.8) is 0 Å². The highest BCUT2D eigenvalue weighted by molar-refractivity contribution is 5.97. The predicted octanol–water partition coefficient (Wildman–Crippen LogP) is 4.30. The number of fused-ring (bicyclic) bond motifs is 2. The van der Waals surface area contributed by atoms with Crippen molar-refractivity contribution in [2.75, 3.05) is 5.32 Å². The van der Waals surface area contributed by atoms with Crippen molar-refractivity contribution in [3.05, 3.63) is 55.2 Å². The number of H-pyrrole nitrogens is 2. The number of carbonyl (C=O) groups excluding carboxylic acids is 1. The van der Waals surface area contributed by atoms with E-state index in [2.05, 4.69) is 41.5 Å². The van der Waals surface area contributed by atoms with Gasteiger partial charge in [-0.2, -0.15) is 5.10 Å². The Kier molecular flexibility index (Phi) is 4.44. The van der Waals surface area contributed by atoms with E-state index in [0.29, 0.717) is 12.1 Å². The topological polar surface area (TPSA) is 112 Å². The Balaban J connectivity index is 1.54. The summed E-state index contributed by atoms with van der Waals surface area (Å²) in [6.07, 6.45) is 9.97. The van der Waals surface area contributed by atoms with E-state index >= 15 is 0 Å². The number of nitrogens with one attached hydrogen (secondary N) is 3. The second-order valence-electron chi connectivity index (χ2n) is 7.09. The number of aromatic amines is 2. The van der Waals surface area contributed by atoms with Gasteiger partial charge in [0.25, 0.3) is 0 Å². The molecule has 5 aromatic heterocycles. The molecular formula is C22H19N7O. The van der Waals surface area contributed by atoms with E-state index in [1.807, 2.05) is 25.1 Å². The number of anilines is 1. The molecule has 0 saturated carbocycles. The number of hydrogen-bond donors (Lipinski definition) is 3. The third kappa shape index (κ3) is 3.28. The van der Waals surface area contributed by atoms with Crippen LogP contribution in [0.1, 0.15) is 19.8 Å². The van der Waals surface area contributed by atoms with Gasteiger partial charge in [-0.15, -0.1) is 0 Å². The van der Waals surface area contributed by atoms with Crippen LogP contribution in [0.25, 0.3) is 44.5 Å². The van der Waals surface area contributed by atoms with Crippen LogP contribution < -0.4 is 5.32 Å². The smallest absolute Gasteiger partial charge is 0.224 e. The molecule has 1 amide bonds. The minimum absolute atomic E-state index is 0.0229. The fourth-order valence-electron chi connectivity index (χ4n) is 3.48. The molecule has 0 fully saturated rings. The molecule has 0 bridgehead atoms. The van der Waals surface area contributed by atoms with Gasteiger partial charge in [-0.1, -0.05) is 6.92 Å². The molecule has 5 rings (SSSR count). The van der Waals surface area contributed by atoms with Crippen molar-refractivity contribution >= 4 is 33.4 Å². The number of nitrogens with zero attached hydrogens (tertiary/aromatic N) is 4. The summed E-state index contributed by atoms with van der Waals surface area (Å²) in [4.78, 5) is 28.2. The Morgan fingerprint density at radius 1 is 1.07 bits per heavy atom. The molecule has 0 aliphatic heterocycles. The van der Waals surface area contributed by atoms with Gasteiger partial charge in [0, 0.05) is 35.2 Å². The zero-order chi connectivity index (χ0) is 20.5. The van der Waals surface area contributed by atoms with Gasteiger partial charge in [0.15, 0.2) is 0 Å². The summed E-state index contributed by atoms with van der Waals surface area (Å²) in [5.41, 5.74) is 5.73.